The highest BCUT2D eigenvalue weighted by atomic mass is 16.7. The number of fused-ring (bicyclic) bond motifs is 1. The van der Waals surface area contributed by atoms with Gasteiger partial charge in [0.15, 0.2) is 11.5 Å². The van der Waals surface area contributed by atoms with Crippen molar-refractivity contribution < 1.29 is 9.47 Å². The highest BCUT2D eigenvalue weighted by Gasteiger charge is 2.14. The lowest BCUT2D eigenvalue weighted by molar-refractivity contribution is 0.174. The summed E-state index contributed by atoms with van der Waals surface area (Å²) in [5.41, 5.74) is 1.71. The predicted octanol–water partition coefficient (Wildman–Crippen LogP) is -0.413. The molecule has 0 N–H and O–H groups in total. The molecule has 2 rings (SSSR count). The molecular formula is C8H7B2O2. The molecule has 0 aromatic heterocycles. The van der Waals surface area contributed by atoms with E-state index in [1.165, 1.54) is 0 Å². The van der Waals surface area contributed by atoms with Crippen LogP contribution in [0, 0.1) is 0 Å². The Morgan fingerprint density at radius 1 is 1.33 bits per heavy atom. The van der Waals surface area contributed by atoms with E-state index in [9.17, 15) is 0 Å². The van der Waals surface area contributed by atoms with Crippen LogP contribution in [0.5, 0.6) is 11.5 Å². The first-order chi connectivity index (χ1) is 5.81. The summed E-state index contributed by atoms with van der Waals surface area (Å²) in [6.07, 6.45) is 0. The maximum atomic E-state index is 5.74. The van der Waals surface area contributed by atoms with Crippen LogP contribution in [0.1, 0.15) is 0 Å². The van der Waals surface area contributed by atoms with Crippen molar-refractivity contribution in [2.24, 2.45) is 0 Å². The molecule has 12 heavy (non-hydrogen) atoms. The molecule has 1 aliphatic rings. The molecule has 1 heterocycles. The molecular weight excluding hydrogens is 150 g/mol. The lowest BCUT2D eigenvalue weighted by atomic mass is 9.67. The van der Waals surface area contributed by atoms with Gasteiger partial charge in [0.05, 0.1) is 0 Å². The molecule has 1 aromatic carbocycles. The van der Waals surface area contributed by atoms with Crippen LogP contribution in [0.2, 0.25) is 6.82 Å². The van der Waals surface area contributed by atoms with Crippen molar-refractivity contribution >= 4 is 26.1 Å². The zero-order valence-corrected chi connectivity index (χ0v) is 6.83. The highest BCUT2D eigenvalue weighted by molar-refractivity contribution is 6.59. The smallest absolute Gasteiger partial charge is 0.231 e. The lowest BCUT2D eigenvalue weighted by Gasteiger charge is -2.04. The van der Waals surface area contributed by atoms with Gasteiger partial charge in [-0.05, 0) is 12.1 Å². The van der Waals surface area contributed by atoms with Crippen molar-refractivity contribution in [1.82, 2.24) is 0 Å². The third kappa shape index (κ3) is 1.07. The zero-order valence-electron chi connectivity index (χ0n) is 6.83. The third-order valence-corrected chi connectivity index (χ3v) is 1.89. The van der Waals surface area contributed by atoms with Crippen molar-refractivity contribution in [2.75, 3.05) is 6.79 Å². The number of ether oxygens (including phenoxy) is 2. The Bertz CT molecular complexity index is 311. The van der Waals surface area contributed by atoms with Gasteiger partial charge in [-0.3, -0.25) is 0 Å². The second-order valence-electron chi connectivity index (χ2n) is 2.62. The summed E-state index contributed by atoms with van der Waals surface area (Å²) in [5, 5.41) is 0. The minimum atomic E-state index is 0.294. The average Bonchev–Trinajstić information content (AvgIpc) is 2.49. The van der Waals surface area contributed by atoms with E-state index >= 15 is 0 Å². The van der Waals surface area contributed by atoms with Crippen LogP contribution in [0.3, 0.4) is 0 Å². The predicted molar refractivity (Wildman–Crippen MR) is 49.2 cm³/mol. The molecule has 2 nitrogen and oxygen atoms in total. The van der Waals surface area contributed by atoms with Crippen molar-refractivity contribution in [3.63, 3.8) is 0 Å². The van der Waals surface area contributed by atoms with E-state index in [4.69, 9.17) is 17.3 Å². The van der Waals surface area contributed by atoms with Gasteiger partial charge in [0.2, 0.25) is 6.79 Å². The maximum absolute atomic E-state index is 5.74. The average molecular weight is 157 g/mol. The number of benzene rings is 1. The van der Waals surface area contributed by atoms with Gasteiger partial charge in [0, 0.05) is 0 Å². The summed E-state index contributed by atoms with van der Waals surface area (Å²) < 4.78 is 10.4. The second kappa shape index (κ2) is 2.77. The molecule has 0 spiro atoms. The van der Waals surface area contributed by atoms with E-state index in [-0.39, 0.29) is 0 Å². The van der Waals surface area contributed by atoms with Crippen LogP contribution in [0.15, 0.2) is 12.1 Å². The number of hydrogen-bond acceptors (Lipinski definition) is 2. The van der Waals surface area contributed by atoms with E-state index in [0.29, 0.717) is 6.79 Å². The van der Waals surface area contributed by atoms with Gasteiger partial charge in [0.25, 0.3) is 0 Å². The summed E-state index contributed by atoms with van der Waals surface area (Å²) in [6.45, 7) is 2.23. The first-order valence-corrected chi connectivity index (χ1v) is 3.79. The molecule has 0 saturated heterocycles. The molecule has 0 bridgehead atoms. The van der Waals surface area contributed by atoms with E-state index < -0.39 is 0 Å². The molecule has 0 atom stereocenters. The molecule has 3 radical (unpaired) electrons. The number of hydrogen-bond donors (Lipinski definition) is 0. The van der Waals surface area contributed by atoms with Crippen molar-refractivity contribution in [1.29, 1.82) is 0 Å². The third-order valence-electron chi connectivity index (χ3n) is 1.89. The molecule has 0 saturated carbocycles. The lowest BCUT2D eigenvalue weighted by Crippen LogP contribution is -2.29. The largest absolute Gasteiger partial charge is 0.454 e. The molecule has 0 unspecified atom stereocenters. The van der Waals surface area contributed by atoms with Gasteiger partial charge in [0.1, 0.15) is 15.1 Å². The second-order valence-corrected chi connectivity index (χ2v) is 2.62. The Morgan fingerprint density at radius 3 is 2.67 bits per heavy atom. The van der Waals surface area contributed by atoms with Crippen molar-refractivity contribution in [3.05, 3.63) is 12.1 Å². The van der Waals surface area contributed by atoms with E-state index in [1.54, 1.807) is 6.07 Å². The fourth-order valence-corrected chi connectivity index (χ4v) is 1.22. The van der Waals surface area contributed by atoms with Gasteiger partial charge in [-0.1, -0.05) is 17.7 Å². The maximum Gasteiger partial charge on any atom is 0.231 e. The van der Waals surface area contributed by atoms with Crippen LogP contribution in [0.25, 0.3) is 0 Å². The fraction of sp³-hybridized carbons (Fsp3) is 0.250. The summed E-state index contributed by atoms with van der Waals surface area (Å²) in [7, 11) is 7.68. The Morgan fingerprint density at radius 2 is 2.00 bits per heavy atom. The van der Waals surface area contributed by atoms with Crippen LogP contribution in [-0.2, 0) is 0 Å². The monoisotopic (exact) mass is 157 g/mol. The van der Waals surface area contributed by atoms with Crippen LogP contribution in [0.4, 0.5) is 0 Å². The summed E-state index contributed by atoms with van der Waals surface area (Å²) in [6, 6.07) is 3.68. The van der Waals surface area contributed by atoms with E-state index in [2.05, 4.69) is 0 Å². The molecule has 0 amide bonds. The van der Waals surface area contributed by atoms with Gasteiger partial charge < -0.3 is 9.47 Å². The summed E-state index contributed by atoms with van der Waals surface area (Å²) in [5.74, 6) is 1.51. The number of rotatable bonds is 1. The first-order valence-electron chi connectivity index (χ1n) is 3.79. The Hall–Kier alpha value is -1.05. The summed E-state index contributed by atoms with van der Waals surface area (Å²) >= 11 is 0. The zero-order chi connectivity index (χ0) is 8.55. The minimum Gasteiger partial charge on any atom is -0.454 e. The van der Waals surface area contributed by atoms with Crippen LogP contribution >= 0.6 is 0 Å². The van der Waals surface area contributed by atoms with Gasteiger partial charge in [-0.15, -0.1) is 0 Å². The van der Waals surface area contributed by atoms with Crippen LogP contribution in [-0.4, -0.2) is 21.9 Å². The highest BCUT2D eigenvalue weighted by Crippen LogP contribution is 2.28. The normalized spacial score (nSPS) is 13.1. The van der Waals surface area contributed by atoms with Crippen molar-refractivity contribution in [2.45, 2.75) is 6.82 Å². The van der Waals surface area contributed by atoms with Crippen LogP contribution < -0.4 is 20.4 Å². The molecule has 1 aromatic rings. The fourth-order valence-electron chi connectivity index (χ4n) is 1.22. The standard InChI is InChI=1S/C8H7B2O2/c1-10-6-3-8-7(2-5(6)9)11-4-12-8/h2-3H,4H2,1H3. The Balaban J connectivity index is 2.49. The van der Waals surface area contributed by atoms with E-state index in [0.717, 1.165) is 22.4 Å². The molecule has 1 aliphatic heterocycles. The van der Waals surface area contributed by atoms with Gasteiger partial charge >= 0.3 is 0 Å². The Labute approximate surface area is 73.5 Å². The van der Waals surface area contributed by atoms with Gasteiger partial charge in [-0.2, -0.15) is 0 Å². The SMILES string of the molecule is [B]c1cc2c(cc1[B]C)OCO2. The van der Waals surface area contributed by atoms with Crippen molar-refractivity contribution in [3.8, 4) is 11.5 Å². The first kappa shape index (κ1) is 7.59. The summed E-state index contributed by atoms with van der Waals surface area (Å²) in [4.78, 5) is 0. The molecule has 0 fully saturated rings. The quantitative estimate of drug-likeness (QED) is 0.515. The Kier molecular flexibility index (Phi) is 1.75. The van der Waals surface area contributed by atoms with E-state index in [1.807, 2.05) is 20.2 Å². The molecule has 0 aliphatic carbocycles. The minimum absolute atomic E-state index is 0.294. The van der Waals surface area contributed by atoms with Gasteiger partial charge in [-0.25, -0.2) is 0 Å². The molecule has 57 valence electrons. The topological polar surface area (TPSA) is 18.5 Å². The molecule has 4 heteroatoms.